The fourth-order valence-corrected chi connectivity index (χ4v) is 3.16. The molecule has 1 aliphatic rings. The summed E-state index contributed by atoms with van der Waals surface area (Å²) < 4.78 is 5.29. The molecular formula is C26H50N4O7. The molecule has 0 aromatic heterocycles. The zero-order valence-electron chi connectivity index (χ0n) is 24.7. The number of amides is 4. The summed E-state index contributed by atoms with van der Waals surface area (Å²) in [6, 6.07) is 0.200. The Balaban J connectivity index is 0. The van der Waals surface area contributed by atoms with E-state index < -0.39 is 23.5 Å². The van der Waals surface area contributed by atoms with Gasteiger partial charge in [0.1, 0.15) is 5.60 Å². The Morgan fingerprint density at radius 2 is 1.59 bits per heavy atom. The van der Waals surface area contributed by atoms with E-state index in [1.165, 1.54) is 0 Å². The van der Waals surface area contributed by atoms with Crippen LogP contribution in [0.3, 0.4) is 0 Å². The van der Waals surface area contributed by atoms with Crippen LogP contribution in [0, 0.1) is 5.92 Å². The van der Waals surface area contributed by atoms with Crippen LogP contribution in [0.25, 0.3) is 0 Å². The molecule has 0 aliphatic carbocycles. The number of ether oxygens (including phenoxy) is 1. The van der Waals surface area contributed by atoms with Crippen molar-refractivity contribution in [2.75, 3.05) is 20.1 Å². The summed E-state index contributed by atoms with van der Waals surface area (Å²) >= 11 is 0. The van der Waals surface area contributed by atoms with Gasteiger partial charge in [0.05, 0.1) is 0 Å². The first-order chi connectivity index (χ1) is 17.1. The summed E-state index contributed by atoms with van der Waals surface area (Å²) in [5, 5.41) is 6.50. The minimum absolute atomic E-state index is 0.0567. The maximum Gasteiger partial charge on any atom is 0.407 e. The van der Waals surface area contributed by atoms with Gasteiger partial charge in [-0.3, -0.25) is 19.2 Å². The average Bonchev–Trinajstić information content (AvgIpc) is 3.13. The van der Waals surface area contributed by atoms with Gasteiger partial charge in [-0.1, -0.05) is 27.7 Å². The SMILES string of the molecule is CC.CCCC(=O)N(CC(C)NC)C(C)(C)C(C)CNC(=O)OC(C)(C)C.O=CON1C(=O)CCC1=O. The molecule has 1 rings (SSSR count). The van der Waals surface area contributed by atoms with Gasteiger partial charge in [0.25, 0.3) is 11.8 Å². The number of imide groups is 1. The van der Waals surface area contributed by atoms with E-state index in [-0.39, 0.29) is 42.7 Å². The van der Waals surface area contributed by atoms with Gasteiger partial charge < -0.3 is 25.1 Å². The Bertz CT molecular complexity index is 719. The highest BCUT2D eigenvalue weighted by molar-refractivity contribution is 6.01. The molecule has 2 atom stereocenters. The number of nitrogens with zero attached hydrogens (tertiary/aromatic N) is 2. The number of rotatable bonds is 11. The van der Waals surface area contributed by atoms with Gasteiger partial charge in [0.2, 0.25) is 5.91 Å². The van der Waals surface area contributed by atoms with Crippen molar-refractivity contribution in [1.82, 2.24) is 20.6 Å². The van der Waals surface area contributed by atoms with Crippen molar-refractivity contribution in [3.8, 4) is 0 Å². The molecule has 1 saturated heterocycles. The van der Waals surface area contributed by atoms with Crippen LogP contribution in [0.15, 0.2) is 0 Å². The summed E-state index contributed by atoms with van der Waals surface area (Å²) in [4.78, 5) is 61.5. The lowest BCUT2D eigenvalue weighted by atomic mass is 9.86. The molecule has 216 valence electrons. The second kappa shape index (κ2) is 17.7. The number of hydrogen-bond donors (Lipinski definition) is 2. The standard InChI is InChI=1S/C19H39N3O3.C5H5NO4.C2H6/c1-10-11-16(23)22(13-15(3)20-9)19(7,8)14(2)12-21-17(24)25-18(4,5)6;7-3-10-6-4(8)1-2-5(6)9;1-2/h14-15,20H,10-13H2,1-9H3,(H,21,24);3H,1-2H2;1-2H3. The molecule has 0 spiro atoms. The van der Waals surface area contributed by atoms with Crippen molar-refractivity contribution in [3.63, 3.8) is 0 Å². The van der Waals surface area contributed by atoms with Gasteiger partial charge in [0.15, 0.2) is 0 Å². The zero-order chi connectivity index (χ0) is 29.4. The van der Waals surface area contributed by atoms with E-state index in [9.17, 15) is 24.0 Å². The molecule has 1 aliphatic heterocycles. The largest absolute Gasteiger partial charge is 0.444 e. The number of nitrogens with one attached hydrogen (secondary N) is 2. The summed E-state index contributed by atoms with van der Waals surface area (Å²) in [6.07, 6.45) is 1.19. The average molecular weight is 531 g/mol. The fraction of sp³-hybridized carbons (Fsp3) is 0.808. The Morgan fingerprint density at radius 3 is 2.00 bits per heavy atom. The molecule has 2 N–H and O–H groups in total. The summed E-state index contributed by atoms with van der Waals surface area (Å²) in [7, 11) is 1.90. The maximum absolute atomic E-state index is 12.7. The predicted molar refractivity (Wildman–Crippen MR) is 142 cm³/mol. The maximum atomic E-state index is 12.7. The summed E-state index contributed by atoms with van der Waals surface area (Å²) in [6.45, 7) is 20.9. The molecular weight excluding hydrogens is 480 g/mol. The van der Waals surface area contributed by atoms with E-state index in [1.807, 2.05) is 60.4 Å². The van der Waals surface area contributed by atoms with Crippen molar-refractivity contribution in [1.29, 1.82) is 0 Å². The van der Waals surface area contributed by atoms with Gasteiger partial charge in [-0.15, -0.1) is 5.06 Å². The lowest BCUT2D eigenvalue weighted by Crippen LogP contribution is -2.57. The van der Waals surface area contributed by atoms with Crippen LogP contribution in [-0.4, -0.2) is 77.6 Å². The minimum atomic E-state index is -0.520. The number of likely N-dealkylation sites (N-methyl/N-ethyl adjacent to an activating group) is 1. The van der Waals surface area contributed by atoms with Gasteiger partial charge in [-0.2, -0.15) is 0 Å². The third-order valence-corrected chi connectivity index (χ3v) is 5.72. The van der Waals surface area contributed by atoms with E-state index in [2.05, 4.69) is 36.2 Å². The van der Waals surface area contributed by atoms with Crippen LogP contribution in [0.5, 0.6) is 0 Å². The molecule has 37 heavy (non-hydrogen) atoms. The van der Waals surface area contributed by atoms with Crippen LogP contribution in [0.4, 0.5) is 4.79 Å². The Labute approximate surface area is 222 Å². The van der Waals surface area contributed by atoms with Crippen molar-refractivity contribution in [2.24, 2.45) is 5.92 Å². The third-order valence-electron chi connectivity index (χ3n) is 5.72. The Hall–Kier alpha value is -2.69. The monoisotopic (exact) mass is 530 g/mol. The van der Waals surface area contributed by atoms with Crippen LogP contribution < -0.4 is 10.6 Å². The molecule has 1 heterocycles. The number of carbonyl (C=O) groups is 5. The molecule has 0 aromatic carbocycles. The van der Waals surface area contributed by atoms with Gasteiger partial charge in [-0.25, -0.2) is 4.79 Å². The number of hydrogen-bond acceptors (Lipinski definition) is 8. The van der Waals surface area contributed by atoms with Crippen molar-refractivity contribution in [3.05, 3.63) is 0 Å². The first-order valence-corrected chi connectivity index (χ1v) is 13.0. The fourth-order valence-electron chi connectivity index (χ4n) is 3.16. The van der Waals surface area contributed by atoms with Gasteiger partial charge in [0, 0.05) is 43.9 Å². The first-order valence-electron chi connectivity index (χ1n) is 13.0. The van der Waals surface area contributed by atoms with Crippen LogP contribution >= 0.6 is 0 Å². The second-order valence-electron chi connectivity index (χ2n) is 10.2. The van der Waals surface area contributed by atoms with Gasteiger partial charge in [-0.05, 0) is 60.9 Å². The van der Waals surface area contributed by atoms with E-state index >= 15 is 0 Å². The summed E-state index contributed by atoms with van der Waals surface area (Å²) in [5.74, 6) is -0.696. The highest BCUT2D eigenvalue weighted by Crippen LogP contribution is 2.26. The van der Waals surface area contributed by atoms with E-state index in [1.54, 1.807) is 0 Å². The third kappa shape index (κ3) is 14.0. The van der Waals surface area contributed by atoms with E-state index in [4.69, 9.17) is 4.74 Å². The van der Waals surface area contributed by atoms with Crippen molar-refractivity contribution < 1.29 is 33.5 Å². The minimum Gasteiger partial charge on any atom is -0.444 e. The summed E-state index contributed by atoms with van der Waals surface area (Å²) in [5.41, 5.74) is -0.902. The molecule has 0 bridgehead atoms. The van der Waals surface area contributed by atoms with Crippen molar-refractivity contribution in [2.45, 2.75) is 112 Å². The second-order valence-corrected chi connectivity index (χ2v) is 10.2. The smallest absolute Gasteiger partial charge is 0.407 e. The van der Waals surface area contributed by atoms with Crippen LogP contribution in [0.2, 0.25) is 0 Å². The highest BCUT2D eigenvalue weighted by Gasteiger charge is 2.36. The molecule has 0 saturated carbocycles. The number of hydroxylamine groups is 2. The Morgan fingerprint density at radius 1 is 1.08 bits per heavy atom. The molecule has 4 amide bonds. The van der Waals surface area contributed by atoms with E-state index in [0.29, 0.717) is 24.6 Å². The molecule has 0 radical (unpaired) electrons. The molecule has 1 fully saturated rings. The first kappa shape index (κ1) is 36.5. The quantitative estimate of drug-likeness (QED) is 0.307. The number of carbonyl (C=O) groups excluding carboxylic acids is 5. The topological polar surface area (TPSA) is 134 Å². The highest BCUT2D eigenvalue weighted by atomic mass is 16.7. The van der Waals surface area contributed by atoms with Crippen LogP contribution in [0.1, 0.15) is 94.9 Å². The zero-order valence-corrected chi connectivity index (χ0v) is 24.7. The molecule has 2 unspecified atom stereocenters. The van der Waals surface area contributed by atoms with Gasteiger partial charge >= 0.3 is 12.6 Å². The lowest BCUT2D eigenvalue weighted by molar-refractivity contribution is -0.188. The van der Waals surface area contributed by atoms with Crippen molar-refractivity contribution >= 4 is 30.3 Å². The molecule has 0 aromatic rings. The number of alkyl carbamates (subject to hydrolysis) is 1. The predicted octanol–water partition coefficient (Wildman–Crippen LogP) is 3.41. The van der Waals surface area contributed by atoms with Crippen LogP contribution in [-0.2, 0) is 28.8 Å². The Kier molecular flexibility index (Phi) is 17.5. The molecule has 11 nitrogen and oxygen atoms in total. The normalized spacial score (nSPS) is 14.8. The molecule has 11 heteroatoms. The van der Waals surface area contributed by atoms with E-state index in [0.717, 1.165) is 6.42 Å². The lowest BCUT2D eigenvalue weighted by Gasteiger charge is -2.44.